The number of nitrogens with zero attached hydrogens (tertiary/aromatic N) is 2. The van der Waals surface area contributed by atoms with Crippen molar-refractivity contribution in [2.24, 2.45) is 5.92 Å². The van der Waals surface area contributed by atoms with Crippen molar-refractivity contribution in [1.82, 2.24) is 10.3 Å². The van der Waals surface area contributed by atoms with Crippen molar-refractivity contribution in [2.75, 3.05) is 24.5 Å². The van der Waals surface area contributed by atoms with Gasteiger partial charge in [-0.25, -0.2) is 9.78 Å². The highest BCUT2D eigenvalue weighted by atomic mass is 79.9. The molecule has 1 aliphatic rings. The largest absolute Gasteiger partial charge is 0.465 e. The summed E-state index contributed by atoms with van der Waals surface area (Å²) >= 11 is 3.43. The molecule has 1 aromatic heterocycles. The molecule has 0 aliphatic carbocycles. The van der Waals surface area contributed by atoms with Crippen LogP contribution in [0.1, 0.15) is 12.1 Å². The number of carboxylic acid groups (broad SMARTS) is 1. The lowest BCUT2D eigenvalue weighted by atomic mass is 10.1. The van der Waals surface area contributed by atoms with Crippen LogP contribution in [0.15, 0.2) is 16.6 Å². The van der Waals surface area contributed by atoms with Crippen LogP contribution in [0.5, 0.6) is 0 Å². The second-order valence-corrected chi connectivity index (χ2v) is 5.38. The first-order valence-corrected chi connectivity index (χ1v) is 6.70. The fourth-order valence-corrected chi connectivity index (χ4v) is 2.37. The molecule has 1 aromatic rings. The second kappa shape index (κ2) is 5.56. The summed E-state index contributed by atoms with van der Waals surface area (Å²) in [4.78, 5) is 17.2. The van der Waals surface area contributed by atoms with E-state index >= 15 is 0 Å². The van der Waals surface area contributed by atoms with Crippen LogP contribution in [0.3, 0.4) is 0 Å². The minimum Gasteiger partial charge on any atom is -0.465 e. The van der Waals surface area contributed by atoms with Crippen LogP contribution in [0.4, 0.5) is 10.6 Å². The molecular formula is C12H16BrN3O2. The van der Waals surface area contributed by atoms with Gasteiger partial charge in [-0.1, -0.05) is 0 Å². The van der Waals surface area contributed by atoms with E-state index in [1.165, 1.54) is 0 Å². The third-order valence-corrected chi connectivity index (χ3v) is 4.00. The molecule has 2 rings (SSSR count). The van der Waals surface area contributed by atoms with Crippen LogP contribution in [0.2, 0.25) is 0 Å². The van der Waals surface area contributed by atoms with E-state index < -0.39 is 6.09 Å². The average molecular weight is 314 g/mol. The molecule has 1 fully saturated rings. The maximum absolute atomic E-state index is 10.4. The van der Waals surface area contributed by atoms with Crippen LogP contribution < -0.4 is 10.2 Å². The van der Waals surface area contributed by atoms with Crippen LogP contribution in [-0.4, -0.2) is 35.8 Å². The molecule has 1 atom stereocenters. The summed E-state index contributed by atoms with van der Waals surface area (Å²) in [7, 11) is 0. The van der Waals surface area contributed by atoms with Crippen molar-refractivity contribution in [3.63, 3.8) is 0 Å². The standard InChI is InChI=1S/C12H16BrN3O2/c1-8-10(13)2-3-11(15-8)16-5-4-9(7-16)6-14-12(17)18/h2-3,9,14H,4-7H2,1H3,(H,17,18). The fraction of sp³-hybridized carbons (Fsp3) is 0.500. The number of hydrogen-bond donors (Lipinski definition) is 2. The van der Waals surface area contributed by atoms with E-state index in [2.05, 4.69) is 31.1 Å². The predicted octanol–water partition coefficient (Wildman–Crippen LogP) is 2.25. The van der Waals surface area contributed by atoms with Crippen molar-refractivity contribution < 1.29 is 9.90 Å². The highest BCUT2D eigenvalue weighted by Crippen LogP contribution is 2.24. The van der Waals surface area contributed by atoms with E-state index in [0.29, 0.717) is 12.5 Å². The Morgan fingerprint density at radius 2 is 2.44 bits per heavy atom. The Hall–Kier alpha value is -1.30. The Kier molecular flexibility index (Phi) is 4.06. The summed E-state index contributed by atoms with van der Waals surface area (Å²) in [5, 5.41) is 11.0. The van der Waals surface area contributed by atoms with E-state index in [-0.39, 0.29) is 0 Å². The Labute approximate surface area is 114 Å². The molecule has 5 nitrogen and oxygen atoms in total. The zero-order chi connectivity index (χ0) is 13.1. The molecule has 2 N–H and O–H groups in total. The Morgan fingerprint density at radius 3 is 3.11 bits per heavy atom. The molecule has 2 heterocycles. The van der Waals surface area contributed by atoms with Gasteiger partial charge < -0.3 is 15.3 Å². The maximum Gasteiger partial charge on any atom is 0.404 e. The molecule has 1 aliphatic heterocycles. The summed E-state index contributed by atoms with van der Waals surface area (Å²) in [5.41, 5.74) is 0.972. The van der Waals surface area contributed by atoms with Crippen molar-refractivity contribution in [2.45, 2.75) is 13.3 Å². The third-order valence-electron chi connectivity index (χ3n) is 3.16. The van der Waals surface area contributed by atoms with Gasteiger partial charge in [0.25, 0.3) is 0 Å². The third kappa shape index (κ3) is 3.13. The molecule has 6 heteroatoms. The number of rotatable bonds is 3. The number of anilines is 1. The zero-order valence-corrected chi connectivity index (χ0v) is 11.8. The lowest BCUT2D eigenvalue weighted by Gasteiger charge is -2.18. The SMILES string of the molecule is Cc1nc(N2CCC(CNC(=O)O)C2)ccc1Br. The monoisotopic (exact) mass is 313 g/mol. The summed E-state index contributed by atoms with van der Waals surface area (Å²) < 4.78 is 1.01. The molecule has 0 spiro atoms. The second-order valence-electron chi connectivity index (χ2n) is 4.52. The summed E-state index contributed by atoms with van der Waals surface area (Å²) in [5.74, 6) is 1.33. The first-order valence-electron chi connectivity index (χ1n) is 5.91. The first-order chi connectivity index (χ1) is 8.56. The highest BCUT2D eigenvalue weighted by Gasteiger charge is 2.23. The number of aryl methyl sites for hydroxylation is 1. The number of aromatic nitrogens is 1. The van der Waals surface area contributed by atoms with Crippen LogP contribution in [0.25, 0.3) is 0 Å². The van der Waals surface area contributed by atoms with E-state index in [9.17, 15) is 4.79 Å². The van der Waals surface area contributed by atoms with Gasteiger partial charge in [0.2, 0.25) is 0 Å². The van der Waals surface area contributed by atoms with Crippen molar-refractivity contribution in [1.29, 1.82) is 0 Å². The molecule has 0 radical (unpaired) electrons. The smallest absolute Gasteiger partial charge is 0.404 e. The van der Waals surface area contributed by atoms with Crippen molar-refractivity contribution in [3.05, 3.63) is 22.3 Å². The molecule has 18 heavy (non-hydrogen) atoms. The average Bonchev–Trinajstić information content (AvgIpc) is 2.79. The van der Waals surface area contributed by atoms with Gasteiger partial charge in [-0.15, -0.1) is 0 Å². The van der Waals surface area contributed by atoms with E-state index in [4.69, 9.17) is 5.11 Å². The number of amides is 1. The highest BCUT2D eigenvalue weighted by molar-refractivity contribution is 9.10. The summed E-state index contributed by atoms with van der Waals surface area (Å²) in [6.07, 6.45) is 0.0444. The Bertz CT molecular complexity index is 453. The molecule has 98 valence electrons. The minimum absolute atomic E-state index is 0.367. The molecule has 1 saturated heterocycles. The molecule has 0 bridgehead atoms. The molecular weight excluding hydrogens is 298 g/mol. The van der Waals surface area contributed by atoms with Crippen LogP contribution >= 0.6 is 15.9 Å². The molecule has 1 unspecified atom stereocenters. The van der Waals surface area contributed by atoms with Gasteiger partial charge in [0.1, 0.15) is 5.82 Å². The summed E-state index contributed by atoms with van der Waals surface area (Å²) in [6, 6.07) is 3.99. The maximum atomic E-state index is 10.4. The van der Waals surface area contributed by atoms with E-state index in [1.54, 1.807) is 0 Å². The molecule has 1 amide bonds. The lowest BCUT2D eigenvalue weighted by molar-refractivity contribution is 0.192. The number of halogens is 1. The van der Waals surface area contributed by atoms with Crippen molar-refractivity contribution >= 4 is 27.8 Å². The number of nitrogens with one attached hydrogen (secondary N) is 1. The topological polar surface area (TPSA) is 65.5 Å². The van der Waals surface area contributed by atoms with Gasteiger partial charge >= 0.3 is 6.09 Å². The summed E-state index contributed by atoms with van der Waals surface area (Å²) in [6.45, 7) is 4.27. The Balaban J connectivity index is 1.95. The van der Waals surface area contributed by atoms with E-state index in [1.807, 2.05) is 19.1 Å². The number of carbonyl (C=O) groups is 1. The van der Waals surface area contributed by atoms with Gasteiger partial charge in [-0.2, -0.15) is 0 Å². The zero-order valence-electron chi connectivity index (χ0n) is 10.2. The lowest BCUT2D eigenvalue weighted by Crippen LogP contribution is -2.29. The van der Waals surface area contributed by atoms with Gasteiger partial charge in [0.15, 0.2) is 0 Å². The van der Waals surface area contributed by atoms with Gasteiger partial charge in [0, 0.05) is 24.1 Å². The molecule has 0 aromatic carbocycles. The minimum atomic E-state index is -0.953. The van der Waals surface area contributed by atoms with Gasteiger partial charge in [-0.05, 0) is 47.3 Å². The van der Waals surface area contributed by atoms with Gasteiger partial charge in [-0.3, -0.25) is 0 Å². The van der Waals surface area contributed by atoms with Crippen molar-refractivity contribution in [3.8, 4) is 0 Å². The fourth-order valence-electron chi connectivity index (χ4n) is 2.15. The Morgan fingerprint density at radius 1 is 1.67 bits per heavy atom. The first kappa shape index (κ1) is 13.1. The normalized spacial score (nSPS) is 19.0. The number of hydrogen-bond acceptors (Lipinski definition) is 3. The van der Waals surface area contributed by atoms with E-state index in [0.717, 1.165) is 35.5 Å². The molecule has 0 saturated carbocycles. The van der Waals surface area contributed by atoms with Crippen LogP contribution in [-0.2, 0) is 0 Å². The van der Waals surface area contributed by atoms with Crippen LogP contribution in [0, 0.1) is 12.8 Å². The van der Waals surface area contributed by atoms with Gasteiger partial charge in [0.05, 0.1) is 5.69 Å². The predicted molar refractivity (Wildman–Crippen MR) is 73.0 cm³/mol. The quantitative estimate of drug-likeness (QED) is 0.898. The number of pyridine rings is 1.